The fourth-order valence-electron chi connectivity index (χ4n) is 2.61. The van der Waals surface area contributed by atoms with E-state index in [1.54, 1.807) is 0 Å². The van der Waals surface area contributed by atoms with Gasteiger partial charge in [0.15, 0.2) is 0 Å². The molecule has 1 N–H and O–H groups in total. The number of nitrogens with one attached hydrogen (secondary N) is 1. The van der Waals surface area contributed by atoms with Crippen molar-refractivity contribution in [2.75, 3.05) is 5.32 Å². The maximum absolute atomic E-state index is 4.26. The van der Waals surface area contributed by atoms with Crippen LogP contribution in [0, 0.1) is 0 Å². The van der Waals surface area contributed by atoms with Gasteiger partial charge in [0, 0.05) is 17.8 Å². The maximum Gasteiger partial charge on any atom is 0.0750 e. The van der Waals surface area contributed by atoms with Crippen LogP contribution in [0.3, 0.4) is 0 Å². The third-order valence-corrected chi connectivity index (χ3v) is 3.59. The minimum Gasteiger partial charge on any atom is -0.380 e. The van der Waals surface area contributed by atoms with Gasteiger partial charge in [0.1, 0.15) is 0 Å². The fourth-order valence-corrected chi connectivity index (χ4v) is 2.61. The van der Waals surface area contributed by atoms with Crippen LogP contribution in [0.4, 0.5) is 5.69 Å². The lowest BCUT2D eigenvalue weighted by Gasteiger charge is -2.20. The van der Waals surface area contributed by atoms with Crippen LogP contribution in [0.1, 0.15) is 23.6 Å². The van der Waals surface area contributed by atoms with E-state index in [2.05, 4.69) is 60.3 Å². The molecule has 3 rings (SSSR count). The Labute approximate surface area is 113 Å². The zero-order chi connectivity index (χ0) is 13.2. The molecule has 0 saturated carbocycles. The molecule has 19 heavy (non-hydrogen) atoms. The van der Waals surface area contributed by atoms with Crippen LogP contribution in [0.5, 0.6) is 0 Å². The lowest BCUT2D eigenvalue weighted by atomic mass is 9.94. The average Bonchev–Trinajstić information content (AvgIpc) is 2.46. The molecule has 2 nitrogen and oxygen atoms in total. The summed E-state index contributed by atoms with van der Waals surface area (Å²) in [6.07, 6.45) is 0. The Kier molecular flexibility index (Phi) is 2.92. The Morgan fingerprint density at radius 2 is 1.68 bits per heavy atom. The minimum absolute atomic E-state index is 0.828. The zero-order valence-electron chi connectivity index (χ0n) is 11.0. The van der Waals surface area contributed by atoms with Crippen molar-refractivity contribution in [3.8, 4) is 0 Å². The van der Waals surface area contributed by atoms with Crippen molar-refractivity contribution in [3.63, 3.8) is 0 Å². The third-order valence-electron chi connectivity index (χ3n) is 3.59. The molecule has 0 amide bonds. The quantitative estimate of drug-likeness (QED) is 0.751. The summed E-state index contributed by atoms with van der Waals surface area (Å²) in [5.41, 5.74) is 6.89. The van der Waals surface area contributed by atoms with E-state index < -0.39 is 0 Å². The Morgan fingerprint density at radius 1 is 1.00 bits per heavy atom. The van der Waals surface area contributed by atoms with Crippen molar-refractivity contribution in [1.82, 2.24) is 0 Å². The smallest absolute Gasteiger partial charge is 0.0750 e. The SMILES string of the molecule is C=N/C1=C(\C)c2ccccc2CNc2ccccc21. The van der Waals surface area contributed by atoms with Crippen LogP contribution >= 0.6 is 0 Å². The predicted octanol–water partition coefficient (Wildman–Crippen LogP) is 4.20. The van der Waals surface area contributed by atoms with Crippen molar-refractivity contribution in [2.24, 2.45) is 4.99 Å². The van der Waals surface area contributed by atoms with Gasteiger partial charge in [-0.1, -0.05) is 42.5 Å². The summed E-state index contributed by atoms with van der Waals surface area (Å²) in [5, 5.41) is 3.48. The number of benzene rings is 2. The van der Waals surface area contributed by atoms with Gasteiger partial charge in [-0.25, -0.2) is 0 Å². The van der Waals surface area contributed by atoms with Crippen LogP contribution in [0.15, 0.2) is 53.5 Å². The second-order valence-corrected chi connectivity index (χ2v) is 4.69. The van der Waals surface area contributed by atoms with E-state index >= 15 is 0 Å². The molecular weight excluding hydrogens is 232 g/mol. The van der Waals surface area contributed by atoms with Crippen molar-refractivity contribution in [1.29, 1.82) is 0 Å². The van der Waals surface area contributed by atoms with E-state index in [0.29, 0.717) is 0 Å². The summed E-state index contributed by atoms with van der Waals surface area (Å²) in [6, 6.07) is 16.7. The number of fused-ring (bicyclic) bond motifs is 2. The second kappa shape index (κ2) is 4.73. The standard InChI is InChI=1S/C17H16N2/c1-12-14-8-4-3-7-13(14)11-19-16-10-6-5-9-15(16)17(12)18-2/h3-10,19H,2,11H2,1H3/b17-12+. The first kappa shape index (κ1) is 11.7. The van der Waals surface area contributed by atoms with Gasteiger partial charge in [-0.3, -0.25) is 4.99 Å². The highest BCUT2D eigenvalue weighted by atomic mass is 14.9. The summed E-state index contributed by atoms with van der Waals surface area (Å²) in [4.78, 5) is 4.26. The van der Waals surface area contributed by atoms with Crippen molar-refractivity contribution in [2.45, 2.75) is 13.5 Å². The molecule has 0 saturated heterocycles. The van der Waals surface area contributed by atoms with Crippen LogP contribution < -0.4 is 5.32 Å². The van der Waals surface area contributed by atoms with E-state index in [-0.39, 0.29) is 0 Å². The van der Waals surface area contributed by atoms with E-state index in [4.69, 9.17) is 0 Å². The Balaban J connectivity index is 2.31. The number of para-hydroxylation sites is 1. The Morgan fingerprint density at radius 3 is 2.47 bits per heavy atom. The normalized spacial score (nSPS) is 17.5. The molecule has 1 aliphatic rings. The first-order valence-corrected chi connectivity index (χ1v) is 6.40. The van der Waals surface area contributed by atoms with E-state index in [1.807, 2.05) is 12.1 Å². The van der Waals surface area contributed by atoms with Gasteiger partial charge in [-0.2, -0.15) is 0 Å². The monoisotopic (exact) mass is 248 g/mol. The first-order valence-electron chi connectivity index (χ1n) is 6.40. The van der Waals surface area contributed by atoms with Crippen LogP contribution in [0.2, 0.25) is 0 Å². The van der Waals surface area contributed by atoms with Crippen LogP contribution in [-0.4, -0.2) is 6.72 Å². The van der Waals surface area contributed by atoms with Crippen molar-refractivity contribution in [3.05, 3.63) is 65.2 Å². The highest BCUT2D eigenvalue weighted by molar-refractivity contribution is 5.95. The second-order valence-electron chi connectivity index (χ2n) is 4.69. The first-order chi connectivity index (χ1) is 9.31. The van der Waals surface area contributed by atoms with E-state index in [9.17, 15) is 0 Å². The number of rotatable bonds is 1. The molecule has 0 spiro atoms. The summed E-state index contributed by atoms with van der Waals surface area (Å²) >= 11 is 0. The predicted molar refractivity (Wildman–Crippen MR) is 82.2 cm³/mol. The Bertz CT molecular complexity index is 668. The lowest BCUT2D eigenvalue weighted by molar-refractivity contribution is 1.13. The fraction of sp³-hybridized carbons (Fsp3) is 0.118. The molecule has 94 valence electrons. The molecule has 2 heteroatoms. The summed E-state index contributed by atoms with van der Waals surface area (Å²) in [5.74, 6) is 0. The molecule has 2 aromatic rings. The van der Waals surface area contributed by atoms with E-state index in [1.165, 1.54) is 16.7 Å². The van der Waals surface area contributed by atoms with Crippen LogP contribution in [-0.2, 0) is 6.54 Å². The minimum atomic E-state index is 0.828. The summed E-state index contributed by atoms with van der Waals surface area (Å²) in [7, 11) is 0. The highest BCUT2D eigenvalue weighted by Gasteiger charge is 2.15. The number of hydrogen-bond donors (Lipinski definition) is 1. The molecule has 1 heterocycles. The molecule has 0 aliphatic carbocycles. The highest BCUT2D eigenvalue weighted by Crippen LogP contribution is 2.35. The van der Waals surface area contributed by atoms with Gasteiger partial charge in [-0.05, 0) is 36.4 Å². The molecule has 0 fully saturated rings. The number of aliphatic imine (C=N–C) groups is 1. The van der Waals surface area contributed by atoms with E-state index in [0.717, 1.165) is 23.5 Å². The summed E-state index contributed by atoms with van der Waals surface area (Å²) in [6.45, 7) is 6.69. The van der Waals surface area contributed by atoms with Gasteiger partial charge in [0.25, 0.3) is 0 Å². The van der Waals surface area contributed by atoms with Gasteiger partial charge in [-0.15, -0.1) is 0 Å². The van der Waals surface area contributed by atoms with Gasteiger partial charge in [0.2, 0.25) is 0 Å². The van der Waals surface area contributed by atoms with Gasteiger partial charge >= 0.3 is 0 Å². The molecule has 0 atom stereocenters. The molecule has 0 unspecified atom stereocenters. The van der Waals surface area contributed by atoms with Crippen LogP contribution in [0.25, 0.3) is 11.3 Å². The molecular formula is C17H16N2. The molecule has 1 aliphatic heterocycles. The topological polar surface area (TPSA) is 24.4 Å². The summed E-state index contributed by atoms with van der Waals surface area (Å²) < 4.78 is 0. The van der Waals surface area contributed by atoms with Gasteiger partial charge < -0.3 is 5.32 Å². The van der Waals surface area contributed by atoms with Crippen molar-refractivity contribution >= 4 is 23.7 Å². The molecule has 0 aromatic heterocycles. The number of allylic oxidation sites excluding steroid dienone is 1. The molecule has 0 radical (unpaired) electrons. The lowest BCUT2D eigenvalue weighted by Crippen LogP contribution is -2.07. The van der Waals surface area contributed by atoms with Gasteiger partial charge in [0.05, 0.1) is 5.70 Å². The number of anilines is 1. The molecule has 0 bridgehead atoms. The van der Waals surface area contributed by atoms with Crippen molar-refractivity contribution < 1.29 is 0 Å². The largest absolute Gasteiger partial charge is 0.380 e. The maximum atomic E-state index is 4.26. The third kappa shape index (κ3) is 1.95. The molecule has 2 aromatic carbocycles. The zero-order valence-corrected chi connectivity index (χ0v) is 11.0. The Hall–Kier alpha value is -2.35. The number of hydrogen-bond acceptors (Lipinski definition) is 2. The average molecular weight is 248 g/mol. The number of nitrogens with zero attached hydrogens (tertiary/aromatic N) is 1.